The maximum absolute atomic E-state index is 13.1. The van der Waals surface area contributed by atoms with Gasteiger partial charge in [0.15, 0.2) is 17.4 Å². The molecule has 0 spiro atoms. The normalized spacial score (nSPS) is 20.2. The standard InChI is InChI=1S/C25H29ClN4O5/c1-3-34-20-14-16(8-9-19(20)31)22-21(24(33)35-4-2)23(32)28-25(27-22)30-12-10-29(11-13-30)18-7-5-6-17(26)15-18/h5-9,14-15,21-22,31H,3-4,10-13H2,1-2H3,(H,27,28,32)/t21-,22+/m1/s1. The van der Waals surface area contributed by atoms with Crippen LogP contribution < -0.4 is 15.0 Å². The van der Waals surface area contributed by atoms with Crippen LogP contribution in [0.5, 0.6) is 11.5 Å². The number of aromatic hydroxyl groups is 1. The Labute approximate surface area is 209 Å². The predicted molar refractivity (Wildman–Crippen MR) is 133 cm³/mol. The summed E-state index contributed by atoms with van der Waals surface area (Å²) < 4.78 is 10.7. The zero-order chi connectivity index (χ0) is 24.9. The minimum absolute atomic E-state index is 0.0233. The van der Waals surface area contributed by atoms with E-state index in [0.717, 1.165) is 18.8 Å². The first-order chi connectivity index (χ1) is 16.9. The highest BCUT2D eigenvalue weighted by atomic mass is 35.5. The maximum Gasteiger partial charge on any atom is 0.321 e. The van der Waals surface area contributed by atoms with Crippen LogP contribution in [0.15, 0.2) is 47.5 Å². The molecule has 2 aromatic rings. The number of anilines is 1. The number of piperazine rings is 1. The fourth-order valence-electron chi connectivity index (χ4n) is 4.30. The number of nitrogens with one attached hydrogen (secondary N) is 1. The highest BCUT2D eigenvalue weighted by Gasteiger charge is 2.42. The molecular weight excluding hydrogens is 472 g/mol. The van der Waals surface area contributed by atoms with Gasteiger partial charge in [-0.2, -0.15) is 0 Å². The highest BCUT2D eigenvalue weighted by Crippen LogP contribution is 2.36. The summed E-state index contributed by atoms with van der Waals surface area (Å²) in [6.07, 6.45) is 0. The van der Waals surface area contributed by atoms with Gasteiger partial charge in [0.2, 0.25) is 11.9 Å². The van der Waals surface area contributed by atoms with E-state index >= 15 is 0 Å². The van der Waals surface area contributed by atoms with Crippen molar-refractivity contribution in [3.05, 3.63) is 53.1 Å². The van der Waals surface area contributed by atoms with Gasteiger partial charge in [-0.3, -0.25) is 14.9 Å². The molecule has 1 amide bonds. The molecule has 2 heterocycles. The average Bonchev–Trinajstić information content (AvgIpc) is 2.85. The number of halogens is 1. The van der Waals surface area contributed by atoms with Crippen LogP contribution in [0.1, 0.15) is 25.5 Å². The second-order valence-corrected chi connectivity index (χ2v) is 8.67. The summed E-state index contributed by atoms with van der Waals surface area (Å²) in [4.78, 5) is 34.8. The van der Waals surface area contributed by atoms with E-state index < -0.39 is 23.8 Å². The van der Waals surface area contributed by atoms with Crippen LogP contribution in [-0.2, 0) is 14.3 Å². The lowest BCUT2D eigenvalue weighted by Crippen LogP contribution is -2.57. The number of benzene rings is 2. The molecule has 186 valence electrons. The quantitative estimate of drug-likeness (QED) is 0.464. The average molecular weight is 501 g/mol. The van der Waals surface area contributed by atoms with E-state index in [0.29, 0.717) is 36.2 Å². The molecule has 2 aliphatic rings. The Morgan fingerprint density at radius 1 is 1.11 bits per heavy atom. The van der Waals surface area contributed by atoms with Crippen LogP contribution in [0.4, 0.5) is 5.69 Å². The van der Waals surface area contributed by atoms with Crippen molar-refractivity contribution in [1.29, 1.82) is 0 Å². The molecule has 0 unspecified atom stereocenters. The third-order valence-corrected chi connectivity index (χ3v) is 6.25. The first-order valence-electron chi connectivity index (χ1n) is 11.7. The number of hydrogen-bond acceptors (Lipinski definition) is 8. The molecule has 1 saturated heterocycles. The van der Waals surface area contributed by atoms with E-state index in [9.17, 15) is 14.7 Å². The Hall–Kier alpha value is -3.46. The Kier molecular flexibility index (Phi) is 7.65. The zero-order valence-corrected chi connectivity index (χ0v) is 20.5. The molecule has 0 aromatic heterocycles. The van der Waals surface area contributed by atoms with Crippen LogP contribution in [-0.4, -0.2) is 67.2 Å². The molecule has 2 aliphatic heterocycles. The largest absolute Gasteiger partial charge is 0.504 e. The van der Waals surface area contributed by atoms with Gasteiger partial charge in [-0.25, -0.2) is 4.99 Å². The maximum atomic E-state index is 13.1. The lowest BCUT2D eigenvalue weighted by atomic mass is 9.91. The van der Waals surface area contributed by atoms with E-state index in [1.165, 1.54) is 6.07 Å². The van der Waals surface area contributed by atoms with Crippen molar-refractivity contribution < 1.29 is 24.2 Å². The topological polar surface area (TPSA) is 104 Å². The summed E-state index contributed by atoms with van der Waals surface area (Å²) in [5.41, 5.74) is 1.62. The molecule has 2 atom stereocenters. The Morgan fingerprint density at radius 3 is 2.54 bits per heavy atom. The van der Waals surface area contributed by atoms with E-state index in [4.69, 9.17) is 26.1 Å². The SMILES string of the molecule is CCOC(=O)[C@H]1C(=O)NC(N2CCN(c3cccc(Cl)c3)CC2)=N[C@H]1c1ccc(O)c(OCC)c1. The lowest BCUT2D eigenvalue weighted by Gasteiger charge is -2.39. The monoisotopic (exact) mass is 500 g/mol. The van der Waals surface area contributed by atoms with Gasteiger partial charge in [-0.05, 0) is 49.7 Å². The van der Waals surface area contributed by atoms with Crippen molar-refractivity contribution in [3.8, 4) is 11.5 Å². The number of esters is 1. The number of amides is 1. The molecule has 35 heavy (non-hydrogen) atoms. The molecule has 0 radical (unpaired) electrons. The van der Waals surface area contributed by atoms with Crippen LogP contribution in [0.2, 0.25) is 5.02 Å². The van der Waals surface area contributed by atoms with Gasteiger partial charge in [-0.15, -0.1) is 0 Å². The van der Waals surface area contributed by atoms with Gasteiger partial charge in [-0.1, -0.05) is 23.7 Å². The van der Waals surface area contributed by atoms with Crippen molar-refractivity contribution in [2.45, 2.75) is 19.9 Å². The third-order valence-electron chi connectivity index (χ3n) is 6.01. The van der Waals surface area contributed by atoms with E-state index in [1.807, 2.05) is 29.2 Å². The zero-order valence-electron chi connectivity index (χ0n) is 19.7. The summed E-state index contributed by atoms with van der Waals surface area (Å²) in [6.45, 7) is 6.69. The molecule has 9 nitrogen and oxygen atoms in total. The third kappa shape index (κ3) is 5.45. The number of aliphatic imine (C=N–C) groups is 1. The number of ether oxygens (including phenoxy) is 2. The molecule has 1 fully saturated rings. The fraction of sp³-hybridized carbons (Fsp3) is 0.400. The number of carbonyl (C=O) groups excluding carboxylic acids is 2. The van der Waals surface area contributed by atoms with Crippen molar-refractivity contribution in [3.63, 3.8) is 0 Å². The molecule has 10 heteroatoms. The van der Waals surface area contributed by atoms with Crippen LogP contribution in [0, 0.1) is 5.92 Å². The van der Waals surface area contributed by atoms with Crippen molar-refractivity contribution in [2.24, 2.45) is 10.9 Å². The summed E-state index contributed by atoms with van der Waals surface area (Å²) >= 11 is 6.14. The van der Waals surface area contributed by atoms with Crippen LogP contribution in [0.3, 0.4) is 0 Å². The highest BCUT2D eigenvalue weighted by molar-refractivity contribution is 6.30. The van der Waals surface area contributed by atoms with Gasteiger partial charge >= 0.3 is 5.97 Å². The second-order valence-electron chi connectivity index (χ2n) is 8.23. The first kappa shape index (κ1) is 24.7. The van der Waals surface area contributed by atoms with Gasteiger partial charge in [0.25, 0.3) is 0 Å². The molecular formula is C25H29ClN4O5. The van der Waals surface area contributed by atoms with Crippen molar-refractivity contribution in [1.82, 2.24) is 10.2 Å². The first-order valence-corrected chi connectivity index (χ1v) is 12.1. The molecule has 0 aliphatic carbocycles. The summed E-state index contributed by atoms with van der Waals surface area (Å²) in [5, 5.41) is 13.6. The Balaban J connectivity index is 1.60. The lowest BCUT2D eigenvalue weighted by molar-refractivity contribution is -0.153. The number of phenolic OH excluding ortho intramolecular Hbond substituents is 1. The molecule has 4 rings (SSSR count). The van der Waals surface area contributed by atoms with Gasteiger partial charge < -0.3 is 24.4 Å². The Morgan fingerprint density at radius 2 is 1.86 bits per heavy atom. The van der Waals surface area contributed by atoms with Crippen LogP contribution >= 0.6 is 11.6 Å². The molecule has 2 aromatic carbocycles. The number of guanidine groups is 1. The minimum Gasteiger partial charge on any atom is -0.504 e. The second kappa shape index (κ2) is 10.9. The van der Waals surface area contributed by atoms with Gasteiger partial charge in [0.1, 0.15) is 6.04 Å². The molecule has 2 N–H and O–H groups in total. The molecule has 0 bridgehead atoms. The number of carbonyl (C=O) groups is 2. The fourth-order valence-corrected chi connectivity index (χ4v) is 4.49. The summed E-state index contributed by atoms with van der Waals surface area (Å²) in [6, 6.07) is 11.6. The van der Waals surface area contributed by atoms with Gasteiger partial charge in [0.05, 0.1) is 13.2 Å². The van der Waals surface area contributed by atoms with Crippen molar-refractivity contribution >= 4 is 35.1 Å². The Bertz CT molecular complexity index is 1120. The van der Waals surface area contributed by atoms with Gasteiger partial charge in [0, 0.05) is 36.9 Å². The smallest absolute Gasteiger partial charge is 0.321 e. The molecule has 0 saturated carbocycles. The summed E-state index contributed by atoms with van der Waals surface area (Å²) in [5.74, 6) is -1.60. The van der Waals surface area contributed by atoms with Crippen LogP contribution in [0.25, 0.3) is 0 Å². The van der Waals surface area contributed by atoms with E-state index in [2.05, 4.69) is 10.2 Å². The predicted octanol–water partition coefficient (Wildman–Crippen LogP) is 2.97. The van der Waals surface area contributed by atoms with Crippen molar-refractivity contribution in [2.75, 3.05) is 44.3 Å². The number of rotatable bonds is 6. The minimum atomic E-state index is -1.15. The van der Waals surface area contributed by atoms with E-state index in [-0.39, 0.29) is 18.1 Å². The summed E-state index contributed by atoms with van der Waals surface area (Å²) in [7, 11) is 0. The number of phenols is 1. The number of hydrogen-bond donors (Lipinski definition) is 2. The van der Waals surface area contributed by atoms with E-state index in [1.54, 1.807) is 26.0 Å². The number of nitrogens with zero attached hydrogens (tertiary/aromatic N) is 3.